The number of benzene rings is 1. The number of carbonyl (C=O) groups excluding carboxylic acids is 2. The number of carbonyl (C=O) groups is 2. The van der Waals surface area contributed by atoms with E-state index < -0.39 is 5.91 Å². The lowest BCUT2D eigenvalue weighted by Crippen LogP contribution is -2.30. The third-order valence-electron chi connectivity index (χ3n) is 2.81. The first-order valence-corrected chi connectivity index (χ1v) is 7.06. The van der Waals surface area contributed by atoms with Crippen molar-refractivity contribution in [1.29, 1.82) is 0 Å². The first-order valence-electron chi connectivity index (χ1n) is 7.06. The summed E-state index contributed by atoms with van der Waals surface area (Å²) in [5.41, 5.74) is 5.66. The lowest BCUT2D eigenvalue weighted by Gasteiger charge is -2.14. The van der Waals surface area contributed by atoms with Crippen LogP contribution in [0.3, 0.4) is 0 Å². The zero-order chi connectivity index (χ0) is 15.7. The zero-order valence-corrected chi connectivity index (χ0v) is 12.5. The van der Waals surface area contributed by atoms with E-state index in [1.807, 2.05) is 19.9 Å². The van der Waals surface area contributed by atoms with Gasteiger partial charge in [-0.25, -0.2) is 0 Å². The maximum Gasteiger partial charge on any atom is 0.226 e. The average molecular weight is 293 g/mol. The predicted octanol–water partition coefficient (Wildman–Crippen LogP) is 1.27. The lowest BCUT2D eigenvalue weighted by molar-refractivity contribution is -0.118. The van der Waals surface area contributed by atoms with Gasteiger partial charge in [0.05, 0.1) is 18.7 Å². The summed E-state index contributed by atoms with van der Waals surface area (Å²) in [4.78, 5) is 22.7. The highest BCUT2D eigenvalue weighted by Gasteiger charge is 2.11. The summed E-state index contributed by atoms with van der Waals surface area (Å²) >= 11 is 0. The van der Waals surface area contributed by atoms with Crippen LogP contribution in [0.4, 0.5) is 5.69 Å². The van der Waals surface area contributed by atoms with E-state index in [2.05, 4.69) is 10.6 Å². The molecule has 0 bridgehead atoms. The number of nitrogens with two attached hydrogens (primary N) is 1. The molecule has 1 atom stereocenters. The summed E-state index contributed by atoms with van der Waals surface area (Å²) in [6.45, 7) is 4.96. The molecule has 0 aliphatic rings. The van der Waals surface area contributed by atoms with Crippen LogP contribution in [0.25, 0.3) is 0 Å². The monoisotopic (exact) mass is 293 g/mol. The van der Waals surface area contributed by atoms with Crippen molar-refractivity contribution >= 4 is 17.5 Å². The predicted molar refractivity (Wildman–Crippen MR) is 82.1 cm³/mol. The summed E-state index contributed by atoms with van der Waals surface area (Å²) in [6.07, 6.45) is 0.517. The normalized spacial score (nSPS) is 11.7. The van der Waals surface area contributed by atoms with Gasteiger partial charge in [0.1, 0.15) is 5.75 Å². The van der Waals surface area contributed by atoms with Gasteiger partial charge in [-0.1, -0.05) is 19.1 Å². The Kier molecular flexibility index (Phi) is 7.25. The van der Waals surface area contributed by atoms with E-state index in [9.17, 15) is 9.59 Å². The number of hydrogen-bond donors (Lipinski definition) is 3. The maximum absolute atomic E-state index is 12.0. The van der Waals surface area contributed by atoms with Gasteiger partial charge in [-0.2, -0.15) is 0 Å². The Balaban J connectivity index is 2.57. The molecule has 116 valence electrons. The number of hydrogen-bond acceptors (Lipinski definition) is 4. The number of anilines is 1. The van der Waals surface area contributed by atoms with E-state index in [0.717, 1.165) is 6.54 Å². The molecule has 4 N–H and O–H groups in total. The first-order chi connectivity index (χ1) is 10.0. The van der Waals surface area contributed by atoms with Crippen LogP contribution >= 0.6 is 0 Å². The largest absolute Gasteiger partial charge is 0.491 e. The van der Waals surface area contributed by atoms with Crippen LogP contribution in [0.15, 0.2) is 24.3 Å². The Labute approximate surface area is 125 Å². The number of nitrogens with one attached hydrogen (secondary N) is 2. The summed E-state index contributed by atoms with van der Waals surface area (Å²) in [7, 11) is 0. The van der Waals surface area contributed by atoms with Crippen molar-refractivity contribution in [2.75, 3.05) is 18.5 Å². The van der Waals surface area contributed by atoms with Crippen molar-refractivity contribution in [2.24, 2.45) is 5.73 Å². The van der Waals surface area contributed by atoms with Crippen LogP contribution in [-0.4, -0.2) is 31.0 Å². The number of primary amides is 1. The van der Waals surface area contributed by atoms with Gasteiger partial charge in [-0.05, 0) is 25.6 Å². The van der Waals surface area contributed by atoms with E-state index >= 15 is 0 Å². The van der Waals surface area contributed by atoms with Crippen LogP contribution < -0.4 is 21.1 Å². The molecule has 0 aliphatic carbocycles. The van der Waals surface area contributed by atoms with Crippen LogP contribution in [0.1, 0.15) is 26.7 Å². The van der Waals surface area contributed by atoms with Gasteiger partial charge >= 0.3 is 0 Å². The molecule has 2 amide bonds. The highest BCUT2D eigenvalue weighted by Crippen LogP contribution is 2.24. The third-order valence-corrected chi connectivity index (χ3v) is 2.81. The molecule has 1 rings (SSSR count). The fourth-order valence-corrected chi connectivity index (χ4v) is 1.86. The van der Waals surface area contributed by atoms with Gasteiger partial charge in [0.25, 0.3) is 0 Å². The van der Waals surface area contributed by atoms with Crippen molar-refractivity contribution in [3.63, 3.8) is 0 Å². The number of amides is 2. The number of ether oxygens (including phenoxy) is 1. The zero-order valence-electron chi connectivity index (χ0n) is 12.5. The number of para-hydroxylation sites is 2. The van der Waals surface area contributed by atoms with E-state index in [0.29, 0.717) is 17.9 Å². The Morgan fingerprint density at radius 2 is 2.05 bits per heavy atom. The molecular weight excluding hydrogens is 270 g/mol. The quantitative estimate of drug-likeness (QED) is 0.639. The molecule has 0 aromatic heterocycles. The molecule has 0 saturated carbocycles. The van der Waals surface area contributed by atoms with Gasteiger partial charge in [-0.3, -0.25) is 9.59 Å². The molecule has 0 fully saturated rings. The van der Waals surface area contributed by atoms with Gasteiger partial charge in [0, 0.05) is 12.5 Å². The smallest absolute Gasteiger partial charge is 0.226 e. The van der Waals surface area contributed by atoms with Crippen molar-refractivity contribution in [3.8, 4) is 5.75 Å². The van der Waals surface area contributed by atoms with E-state index in [1.54, 1.807) is 18.2 Å². The van der Waals surface area contributed by atoms with Crippen molar-refractivity contribution in [1.82, 2.24) is 5.32 Å². The second-order valence-electron chi connectivity index (χ2n) is 4.77. The van der Waals surface area contributed by atoms with Crippen LogP contribution in [0, 0.1) is 0 Å². The minimum Gasteiger partial charge on any atom is -0.491 e. The van der Waals surface area contributed by atoms with Gasteiger partial charge in [-0.15, -0.1) is 0 Å². The minimum atomic E-state index is -0.420. The molecule has 0 aliphatic heterocycles. The van der Waals surface area contributed by atoms with Gasteiger partial charge in [0.2, 0.25) is 11.8 Å². The standard InChI is InChI=1S/C15H23N3O3/c1-3-17-11(2)10-15(20)18-12-6-4-5-7-13(12)21-9-8-14(16)19/h4-7,11,17H,3,8-10H2,1-2H3,(H2,16,19)(H,18,20). The molecule has 0 spiro atoms. The average Bonchev–Trinajstić information content (AvgIpc) is 2.40. The van der Waals surface area contributed by atoms with Crippen molar-refractivity contribution in [3.05, 3.63) is 24.3 Å². The molecule has 0 heterocycles. The van der Waals surface area contributed by atoms with Crippen LogP contribution in [0.2, 0.25) is 0 Å². The lowest BCUT2D eigenvalue weighted by atomic mass is 10.2. The Bertz CT molecular complexity index is 477. The molecular formula is C15H23N3O3. The fraction of sp³-hybridized carbons (Fsp3) is 0.467. The Morgan fingerprint density at radius 1 is 1.33 bits per heavy atom. The Morgan fingerprint density at radius 3 is 2.71 bits per heavy atom. The molecule has 0 saturated heterocycles. The number of rotatable bonds is 9. The second kappa shape index (κ2) is 8.97. The maximum atomic E-state index is 12.0. The van der Waals surface area contributed by atoms with E-state index in [-0.39, 0.29) is 25.0 Å². The molecule has 1 unspecified atom stereocenters. The van der Waals surface area contributed by atoms with Gasteiger partial charge in [0.15, 0.2) is 0 Å². The minimum absolute atomic E-state index is 0.0885. The molecule has 0 radical (unpaired) electrons. The molecule has 6 nitrogen and oxygen atoms in total. The summed E-state index contributed by atoms with van der Waals surface area (Å²) < 4.78 is 5.47. The van der Waals surface area contributed by atoms with Gasteiger partial charge < -0.3 is 21.1 Å². The third kappa shape index (κ3) is 6.76. The highest BCUT2D eigenvalue weighted by atomic mass is 16.5. The second-order valence-corrected chi connectivity index (χ2v) is 4.77. The summed E-state index contributed by atoms with van der Waals surface area (Å²) in [6, 6.07) is 7.22. The molecule has 1 aromatic carbocycles. The summed E-state index contributed by atoms with van der Waals surface area (Å²) in [5, 5.41) is 6.00. The SMILES string of the molecule is CCNC(C)CC(=O)Nc1ccccc1OCCC(N)=O. The topological polar surface area (TPSA) is 93.4 Å². The highest BCUT2D eigenvalue weighted by molar-refractivity contribution is 5.92. The van der Waals surface area contributed by atoms with Crippen LogP contribution in [0.5, 0.6) is 5.75 Å². The molecule has 6 heteroatoms. The Hall–Kier alpha value is -2.08. The van der Waals surface area contributed by atoms with Crippen LogP contribution in [-0.2, 0) is 9.59 Å². The van der Waals surface area contributed by atoms with Crippen molar-refractivity contribution in [2.45, 2.75) is 32.7 Å². The first kappa shape index (κ1) is 17.0. The summed E-state index contributed by atoms with van der Waals surface area (Å²) in [5.74, 6) is 0.0218. The fourth-order valence-electron chi connectivity index (χ4n) is 1.86. The van der Waals surface area contributed by atoms with E-state index in [4.69, 9.17) is 10.5 Å². The molecule has 21 heavy (non-hydrogen) atoms. The molecule has 1 aromatic rings. The van der Waals surface area contributed by atoms with E-state index in [1.165, 1.54) is 0 Å². The van der Waals surface area contributed by atoms with Crippen molar-refractivity contribution < 1.29 is 14.3 Å².